The normalized spacial score (nSPS) is 14.7. The molecule has 0 aromatic carbocycles. The Morgan fingerprint density at radius 3 is 2.37 bits per heavy atom. The van der Waals surface area contributed by atoms with Crippen LogP contribution in [0.3, 0.4) is 0 Å². The summed E-state index contributed by atoms with van der Waals surface area (Å²) >= 11 is 3.78. The highest BCUT2D eigenvalue weighted by Crippen LogP contribution is 2.16. The molecule has 0 radical (unpaired) electrons. The van der Waals surface area contributed by atoms with Gasteiger partial charge in [-0.05, 0) is 30.8 Å². The van der Waals surface area contributed by atoms with E-state index < -0.39 is 0 Å². The van der Waals surface area contributed by atoms with Gasteiger partial charge in [0, 0.05) is 0 Å². The fourth-order valence-electron chi connectivity index (χ4n) is 1.96. The number of hydrogen-bond donors (Lipinski definition) is 1. The molecule has 19 heavy (non-hydrogen) atoms. The summed E-state index contributed by atoms with van der Waals surface area (Å²) in [5.74, 6) is 1.80. The lowest BCUT2D eigenvalue weighted by molar-refractivity contribution is -0.110. The molecule has 0 bridgehead atoms. The molecule has 1 unspecified atom stereocenters. The quantitative estimate of drug-likeness (QED) is 0.286. The van der Waals surface area contributed by atoms with Gasteiger partial charge in [-0.3, -0.25) is 4.79 Å². The topological polar surface area (TPSA) is 26.3 Å². The van der Waals surface area contributed by atoms with E-state index >= 15 is 0 Å². The van der Waals surface area contributed by atoms with Crippen LogP contribution in [0, 0.1) is 11.8 Å². The predicted octanol–water partition coefficient (Wildman–Crippen LogP) is 4.77. The third-order valence-electron chi connectivity index (χ3n) is 3.14. The largest absolute Gasteiger partial charge is 0.492 e. The number of hydrogen-bond acceptors (Lipinski definition) is 2. The summed E-state index contributed by atoms with van der Waals surface area (Å²) in [5.41, 5.74) is 0.830. The lowest BCUT2D eigenvalue weighted by Crippen LogP contribution is -1.99. The Morgan fingerprint density at radius 2 is 1.89 bits per heavy atom. The van der Waals surface area contributed by atoms with Crippen molar-refractivity contribution in [2.75, 3.05) is 7.11 Å². The monoisotopic (exact) mass is 284 g/mol. The molecule has 3 heteroatoms. The molecule has 0 heterocycles. The van der Waals surface area contributed by atoms with E-state index in [0.29, 0.717) is 11.7 Å². The molecule has 0 aliphatic heterocycles. The lowest BCUT2D eigenvalue weighted by atomic mass is 9.97. The van der Waals surface area contributed by atoms with Crippen molar-refractivity contribution in [3.8, 4) is 0 Å². The highest BCUT2D eigenvalue weighted by atomic mass is 32.1. The summed E-state index contributed by atoms with van der Waals surface area (Å²) in [6.07, 6.45) is 8.95. The van der Waals surface area contributed by atoms with Crippen molar-refractivity contribution < 1.29 is 9.53 Å². The molecule has 0 aliphatic rings. The minimum Gasteiger partial charge on any atom is -0.492 e. The molecule has 0 spiro atoms. The molecule has 0 aromatic heterocycles. The zero-order valence-corrected chi connectivity index (χ0v) is 13.8. The molecular weight excluding hydrogens is 256 g/mol. The van der Waals surface area contributed by atoms with Gasteiger partial charge in [-0.15, -0.1) is 0 Å². The van der Waals surface area contributed by atoms with Crippen molar-refractivity contribution in [2.24, 2.45) is 11.8 Å². The maximum atomic E-state index is 11.2. The average Bonchev–Trinajstić information content (AvgIpc) is 2.28. The number of carbonyl (C=O) groups excluding carboxylic acids is 1. The molecular formula is C16H28O2S. The van der Waals surface area contributed by atoms with Crippen LogP contribution in [0.4, 0.5) is 0 Å². The van der Waals surface area contributed by atoms with Gasteiger partial charge in [0.25, 0.3) is 5.12 Å². The molecule has 0 amide bonds. The number of rotatable bonds is 9. The van der Waals surface area contributed by atoms with Gasteiger partial charge in [0.2, 0.25) is 0 Å². The highest BCUT2D eigenvalue weighted by molar-refractivity contribution is 7.97. The first-order valence-corrected chi connectivity index (χ1v) is 7.47. The second kappa shape index (κ2) is 10.1. The first-order valence-electron chi connectivity index (χ1n) is 7.03. The fraction of sp³-hybridized carbons (Fsp3) is 0.688. The van der Waals surface area contributed by atoms with Crippen LogP contribution in [0.1, 0.15) is 53.4 Å². The number of methoxy groups -OCH3 is 1. The van der Waals surface area contributed by atoms with Crippen molar-refractivity contribution in [3.63, 3.8) is 0 Å². The second-order valence-corrected chi connectivity index (χ2v) is 6.00. The van der Waals surface area contributed by atoms with E-state index in [9.17, 15) is 4.79 Å². The van der Waals surface area contributed by atoms with E-state index in [0.717, 1.165) is 17.9 Å². The standard InChI is InChI=1S/C16H28O2S/c1-12(2)8-6-9-13(3)10-7-11-14(4)15(18-5)16(17)19/h7,11-13H,6,8-10H2,1-5H3,(H,17,19)/b11-7+,15-14-. The Labute approximate surface area is 123 Å². The molecule has 0 saturated heterocycles. The number of ether oxygens (including phenoxy) is 1. The number of carbonyl (C=O) groups is 1. The van der Waals surface area contributed by atoms with Gasteiger partial charge >= 0.3 is 0 Å². The van der Waals surface area contributed by atoms with Gasteiger partial charge in [-0.1, -0.05) is 64.8 Å². The summed E-state index contributed by atoms with van der Waals surface area (Å²) in [6.45, 7) is 8.66. The molecule has 0 aromatic rings. The number of allylic oxidation sites excluding steroid dienone is 3. The summed E-state index contributed by atoms with van der Waals surface area (Å²) in [5, 5.41) is -0.324. The van der Waals surface area contributed by atoms with E-state index in [1.165, 1.54) is 26.4 Å². The van der Waals surface area contributed by atoms with Gasteiger partial charge in [0.15, 0.2) is 5.76 Å². The fourth-order valence-corrected chi connectivity index (χ4v) is 2.23. The Kier molecular flexibility index (Phi) is 9.76. The van der Waals surface area contributed by atoms with E-state index in [1.54, 1.807) is 0 Å². The highest BCUT2D eigenvalue weighted by Gasteiger charge is 2.07. The average molecular weight is 284 g/mol. The third-order valence-corrected chi connectivity index (χ3v) is 3.34. The lowest BCUT2D eigenvalue weighted by Gasteiger charge is -2.10. The van der Waals surface area contributed by atoms with E-state index in [1.807, 2.05) is 13.0 Å². The van der Waals surface area contributed by atoms with Crippen LogP contribution in [0.15, 0.2) is 23.5 Å². The van der Waals surface area contributed by atoms with Crippen molar-refractivity contribution in [1.82, 2.24) is 0 Å². The molecule has 0 N–H and O–H groups in total. The van der Waals surface area contributed by atoms with Gasteiger partial charge in [-0.2, -0.15) is 0 Å². The van der Waals surface area contributed by atoms with E-state index in [4.69, 9.17) is 4.74 Å². The summed E-state index contributed by atoms with van der Waals surface area (Å²) in [6, 6.07) is 0. The Balaban J connectivity index is 4.17. The van der Waals surface area contributed by atoms with Crippen molar-refractivity contribution in [2.45, 2.75) is 53.4 Å². The van der Waals surface area contributed by atoms with Crippen molar-refractivity contribution >= 4 is 17.7 Å². The third kappa shape index (κ3) is 8.93. The second-order valence-electron chi connectivity index (χ2n) is 5.59. The van der Waals surface area contributed by atoms with Crippen LogP contribution in [0.5, 0.6) is 0 Å². The molecule has 0 saturated carbocycles. The zero-order chi connectivity index (χ0) is 14.8. The Bertz CT molecular complexity index is 330. The maximum Gasteiger partial charge on any atom is 0.251 e. The SMILES string of the molecule is CO/C(C(=O)S)=C(C)\C=C\CC(C)CCCC(C)C. The van der Waals surface area contributed by atoms with Gasteiger partial charge in [-0.25, -0.2) is 0 Å². The van der Waals surface area contributed by atoms with E-state index in [2.05, 4.69) is 39.5 Å². The maximum absolute atomic E-state index is 11.2. The summed E-state index contributed by atoms with van der Waals surface area (Å²) in [4.78, 5) is 11.2. The molecule has 0 aliphatic carbocycles. The minimum absolute atomic E-state index is 0.324. The van der Waals surface area contributed by atoms with Crippen molar-refractivity contribution in [3.05, 3.63) is 23.5 Å². The first kappa shape index (κ1) is 18.3. The van der Waals surface area contributed by atoms with Crippen LogP contribution in [-0.4, -0.2) is 12.2 Å². The smallest absolute Gasteiger partial charge is 0.251 e. The van der Waals surface area contributed by atoms with Crippen LogP contribution in [-0.2, 0) is 9.53 Å². The number of thiol groups is 1. The van der Waals surface area contributed by atoms with Gasteiger partial charge < -0.3 is 4.74 Å². The van der Waals surface area contributed by atoms with Crippen LogP contribution in [0.25, 0.3) is 0 Å². The molecule has 110 valence electrons. The minimum atomic E-state index is -0.324. The van der Waals surface area contributed by atoms with Crippen LogP contribution in [0.2, 0.25) is 0 Å². The Hall–Kier alpha value is -0.700. The van der Waals surface area contributed by atoms with Crippen LogP contribution < -0.4 is 0 Å². The van der Waals surface area contributed by atoms with Gasteiger partial charge in [0.1, 0.15) is 0 Å². The molecule has 1 atom stereocenters. The van der Waals surface area contributed by atoms with E-state index in [-0.39, 0.29) is 5.12 Å². The van der Waals surface area contributed by atoms with Crippen molar-refractivity contribution in [1.29, 1.82) is 0 Å². The summed E-state index contributed by atoms with van der Waals surface area (Å²) in [7, 11) is 1.50. The Morgan fingerprint density at radius 1 is 1.26 bits per heavy atom. The first-order chi connectivity index (χ1) is 8.88. The molecule has 2 nitrogen and oxygen atoms in total. The molecule has 0 fully saturated rings. The van der Waals surface area contributed by atoms with Gasteiger partial charge in [0.05, 0.1) is 7.11 Å². The zero-order valence-electron chi connectivity index (χ0n) is 12.9. The molecule has 0 rings (SSSR count). The van der Waals surface area contributed by atoms with Crippen LogP contribution >= 0.6 is 12.6 Å². The summed E-state index contributed by atoms with van der Waals surface area (Å²) < 4.78 is 5.02. The predicted molar refractivity (Wildman–Crippen MR) is 85.3 cm³/mol.